The molecule has 2 heterocycles. The average Bonchev–Trinajstić information content (AvgIpc) is 3.06. The number of fused-ring (bicyclic) bond motifs is 3. The topological polar surface area (TPSA) is 53.8 Å². The highest BCUT2D eigenvalue weighted by Crippen LogP contribution is 2.26. The van der Waals surface area contributed by atoms with E-state index in [1.165, 1.54) is 5.56 Å². The predicted octanol–water partition coefficient (Wildman–Crippen LogP) is 2.32. The molecule has 0 spiro atoms. The number of aliphatic hydroxyl groups excluding tert-OH is 1. The first-order chi connectivity index (χ1) is 12.8. The van der Waals surface area contributed by atoms with Gasteiger partial charge in [-0.2, -0.15) is 0 Å². The smallest absolute Gasteiger partial charge is 0.208 e. The van der Waals surface area contributed by atoms with Crippen molar-refractivity contribution in [1.82, 2.24) is 14.5 Å². The van der Waals surface area contributed by atoms with Crippen LogP contribution in [0.4, 0.5) is 5.95 Å². The van der Waals surface area contributed by atoms with Crippen molar-refractivity contribution in [3.05, 3.63) is 54.1 Å². The zero-order valence-electron chi connectivity index (χ0n) is 15.0. The molecule has 6 heteroatoms. The summed E-state index contributed by atoms with van der Waals surface area (Å²) in [7, 11) is 1.69. The molecule has 4 rings (SSSR count). The third-order valence-corrected chi connectivity index (χ3v) is 4.88. The maximum atomic E-state index is 9.45. The summed E-state index contributed by atoms with van der Waals surface area (Å²) in [5.41, 5.74) is 3.43. The van der Waals surface area contributed by atoms with Crippen LogP contribution in [0, 0.1) is 0 Å². The normalized spacial score (nSPS) is 14.6. The van der Waals surface area contributed by atoms with Gasteiger partial charge in [-0.05, 0) is 36.2 Å². The van der Waals surface area contributed by atoms with E-state index in [0.717, 1.165) is 49.0 Å². The Kier molecular flexibility index (Phi) is 4.77. The van der Waals surface area contributed by atoms with E-state index in [1.54, 1.807) is 7.11 Å². The molecule has 26 heavy (non-hydrogen) atoms. The first-order valence-electron chi connectivity index (χ1n) is 8.95. The number of imidazole rings is 1. The van der Waals surface area contributed by atoms with Crippen LogP contribution >= 0.6 is 0 Å². The Labute approximate surface area is 153 Å². The molecular formula is C20H24N4O2. The summed E-state index contributed by atoms with van der Waals surface area (Å²) in [5, 5.41) is 9.45. The Bertz CT molecular complexity index is 875. The summed E-state index contributed by atoms with van der Waals surface area (Å²) in [6.45, 7) is 3.24. The Hall–Kier alpha value is -2.57. The lowest BCUT2D eigenvalue weighted by atomic mass is 10.1. The van der Waals surface area contributed by atoms with Gasteiger partial charge in [0.1, 0.15) is 5.75 Å². The molecule has 1 aromatic heterocycles. The monoisotopic (exact) mass is 352 g/mol. The van der Waals surface area contributed by atoms with Gasteiger partial charge in [0.2, 0.25) is 5.95 Å². The van der Waals surface area contributed by atoms with Gasteiger partial charge in [-0.15, -0.1) is 0 Å². The van der Waals surface area contributed by atoms with Crippen LogP contribution in [0.5, 0.6) is 5.75 Å². The zero-order valence-corrected chi connectivity index (χ0v) is 15.0. The highest BCUT2D eigenvalue weighted by atomic mass is 16.5. The molecule has 1 aliphatic heterocycles. The molecule has 0 fully saturated rings. The van der Waals surface area contributed by atoms with Crippen LogP contribution in [0.25, 0.3) is 11.0 Å². The van der Waals surface area contributed by atoms with Crippen molar-refractivity contribution < 1.29 is 9.84 Å². The molecule has 0 saturated heterocycles. The zero-order chi connectivity index (χ0) is 17.9. The van der Waals surface area contributed by atoms with Crippen molar-refractivity contribution in [2.24, 2.45) is 0 Å². The molecule has 0 unspecified atom stereocenters. The largest absolute Gasteiger partial charge is 0.497 e. The van der Waals surface area contributed by atoms with Crippen molar-refractivity contribution >= 4 is 17.0 Å². The Balaban J connectivity index is 1.53. The fraction of sp³-hybridized carbons (Fsp3) is 0.350. The van der Waals surface area contributed by atoms with Crippen molar-refractivity contribution in [2.45, 2.75) is 13.1 Å². The molecule has 0 amide bonds. The summed E-state index contributed by atoms with van der Waals surface area (Å²) >= 11 is 0. The van der Waals surface area contributed by atoms with Crippen LogP contribution < -0.4 is 9.64 Å². The molecule has 2 aromatic carbocycles. The van der Waals surface area contributed by atoms with Gasteiger partial charge in [-0.1, -0.05) is 24.3 Å². The van der Waals surface area contributed by atoms with Gasteiger partial charge >= 0.3 is 0 Å². The Morgan fingerprint density at radius 1 is 1.04 bits per heavy atom. The first-order valence-corrected chi connectivity index (χ1v) is 8.95. The summed E-state index contributed by atoms with van der Waals surface area (Å²) in [6.07, 6.45) is 0.971. The maximum Gasteiger partial charge on any atom is 0.208 e. The molecule has 0 aliphatic carbocycles. The fourth-order valence-corrected chi connectivity index (χ4v) is 3.51. The minimum atomic E-state index is 0.121. The van der Waals surface area contributed by atoms with Crippen LogP contribution in [-0.4, -0.2) is 53.0 Å². The van der Waals surface area contributed by atoms with E-state index in [4.69, 9.17) is 9.72 Å². The summed E-state index contributed by atoms with van der Waals surface area (Å²) in [5.74, 6) is 1.83. The van der Waals surface area contributed by atoms with Crippen LogP contribution in [0.3, 0.4) is 0 Å². The molecule has 1 N–H and O–H groups in total. The molecule has 0 bridgehead atoms. The molecule has 0 saturated carbocycles. The van der Waals surface area contributed by atoms with E-state index in [9.17, 15) is 5.11 Å². The van der Waals surface area contributed by atoms with Gasteiger partial charge < -0.3 is 14.7 Å². The molecule has 0 radical (unpaired) electrons. The number of ether oxygens (including phenoxy) is 1. The number of β-amino-alcohol motifs (C(OH)–C–C–N with tert-alkyl or cyclic N) is 1. The number of aromatic nitrogens is 2. The van der Waals surface area contributed by atoms with E-state index in [-0.39, 0.29) is 6.61 Å². The minimum absolute atomic E-state index is 0.121. The van der Waals surface area contributed by atoms with Crippen LogP contribution in [-0.2, 0) is 13.1 Å². The van der Waals surface area contributed by atoms with Crippen molar-refractivity contribution in [1.29, 1.82) is 0 Å². The van der Waals surface area contributed by atoms with Crippen LogP contribution in [0.1, 0.15) is 5.56 Å². The number of methoxy groups -OCH3 is 1. The second kappa shape index (κ2) is 7.35. The lowest BCUT2D eigenvalue weighted by molar-refractivity contribution is 0.193. The summed E-state index contributed by atoms with van der Waals surface area (Å²) < 4.78 is 7.46. The predicted molar refractivity (Wildman–Crippen MR) is 102 cm³/mol. The van der Waals surface area contributed by atoms with Crippen molar-refractivity contribution in [2.75, 3.05) is 38.4 Å². The lowest BCUT2D eigenvalue weighted by Gasteiger charge is -2.37. The van der Waals surface area contributed by atoms with Crippen molar-refractivity contribution in [3.63, 3.8) is 0 Å². The number of hydrogen-bond donors (Lipinski definition) is 1. The molecule has 1 aliphatic rings. The summed E-state index contributed by atoms with van der Waals surface area (Å²) in [4.78, 5) is 9.30. The number of anilines is 1. The highest BCUT2D eigenvalue weighted by Gasteiger charge is 2.25. The number of nitrogens with zero attached hydrogens (tertiary/aromatic N) is 4. The second-order valence-corrected chi connectivity index (χ2v) is 6.59. The molecule has 6 nitrogen and oxygen atoms in total. The number of rotatable bonds is 6. The quantitative estimate of drug-likeness (QED) is 0.738. The van der Waals surface area contributed by atoms with Gasteiger partial charge in [-0.25, -0.2) is 4.98 Å². The maximum absolute atomic E-state index is 9.45. The van der Waals surface area contributed by atoms with E-state index in [0.29, 0.717) is 6.54 Å². The number of hydrogen-bond acceptors (Lipinski definition) is 5. The molecular weight excluding hydrogens is 328 g/mol. The van der Waals surface area contributed by atoms with Gasteiger partial charge in [0, 0.05) is 13.1 Å². The number of benzene rings is 2. The van der Waals surface area contributed by atoms with Gasteiger partial charge in [0.05, 0.1) is 38.1 Å². The third-order valence-electron chi connectivity index (χ3n) is 4.88. The summed E-state index contributed by atoms with van der Waals surface area (Å²) in [6, 6.07) is 16.5. The number of para-hydroxylation sites is 2. The lowest BCUT2D eigenvalue weighted by Crippen LogP contribution is -2.46. The standard InChI is InChI=1S/C20H24N4O2/c1-26-17-8-6-16(7-9-17)10-11-22-14-23(12-13-25)20-21-18-4-2-3-5-19(18)24(20)15-22/h2-9,25H,10-15H2,1H3. The Morgan fingerprint density at radius 2 is 1.85 bits per heavy atom. The average molecular weight is 352 g/mol. The molecule has 0 atom stereocenters. The number of aliphatic hydroxyl groups is 1. The second-order valence-electron chi connectivity index (χ2n) is 6.59. The van der Waals surface area contributed by atoms with Crippen LogP contribution in [0.15, 0.2) is 48.5 Å². The van der Waals surface area contributed by atoms with Crippen LogP contribution in [0.2, 0.25) is 0 Å². The SMILES string of the molecule is COc1ccc(CCN2CN(CCO)c3nc4ccccc4n3C2)cc1. The van der Waals surface area contributed by atoms with E-state index in [1.807, 2.05) is 30.3 Å². The van der Waals surface area contributed by atoms with Gasteiger partial charge in [0.25, 0.3) is 0 Å². The molecule has 3 aromatic rings. The van der Waals surface area contributed by atoms with Gasteiger partial charge in [0.15, 0.2) is 0 Å². The van der Waals surface area contributed by atoms with E-state index >= 15 is 0 Å². The van der Waals surface area contributed by atoms with E-state index in [2.05, 4.69) is 32.6 Å². The fourth-order valence-electron chi connectivity index (χ4n) is 3.51. The highest BCUT2D eigenvalue weighted by molar-refractivity contribution is 5.79. The van der Waals surface area contributed by atoms with Gasteiger partial charge in [-0.3, -0.25) is 9.47 Å². The van der Waals surface area contributed by atoms with Crippen molar-refractivity contribution in [3.8, 4) is 5.75 Å². The Morgan fingerprint density at radius 3 is 2.62 bits per heavy atom. The first kappa shape index (κ1) is 16.9. The molecule has 136 valence electrons. The minimum Gasteiger partial charge on any atom is -0.497 e. The van der Waals surface area contributed by atoms with E-state index < -0.39 is 0 Å². The third kappa shape index (κ3) is 3.25.